The lowest BCUT2D eigenvalue weighted by atomic mass is 10.2. The van der Waals surface area contributed by atoms with Crippen LogP contribution in [0.3, 0.4) is 0 Å². The number of imidazole rings is 1. The molecule has 0 aliphatic heterocycles. The molecule has 3 rings (SSSR count). The van der Waals surface area contributed by atoms with Gasteiger partial charge >= 0.3 is 0 Å². The fourth-order valence-corrected chi connectivity index (χ4v) is 2.31. The molecule has 0 radical (unpaired) electrons. The minimum absolute atomic E-state index is 0.232. The number of aromatic nitrogens is 5. The molecule has 0 aliphatic rings. The molecule has 3 aromatic rings. The minimum Gasteiger partial charge on any atom is -0.368 e. The topological polar surface area (TPSA) is 94.5 Å². The van der Waals surface area contributed by atoms with E-state index in [1.165, 1.54) is 0 Å². The van der Waals surface area contributed by atoms with E-state index in [1.807, 2.05) is 23.6 Å². The quantitative estimate of drug-likeness (QED) is 0.767. The normalized spacial score (nSPS) is 11.3. The third-order valence-corrected chi connectivity index (χ3v) is 3.54. The van der Waals surface area contributed by atoms with Crippen molar-refractivity contribution in [1.82, 2.24) is 24.5 Å². The molecule has 3 aromatic heterocycles. The van der Waals surface area contributed by atoms with Gasteiger partial charge in [0.2, 0.25) is 5.95 Å². The number of nitrogens with zero attached hydrogens (tertiary/aromatic N) is 5. The van der Waals surface area contributed by atoms with E-state index in [4.69, 9.17) is 5.73 Å². The first-order valence-electron chi connectivity index (χ1n) is 7.20. The highest BCUT2D eigenvalue weighted by Crippen LogP contribution is 2.22. The van der Waals surface area contributed by atoms with Crippen LogP contribution in [0.1, 0.15) is 31.1 Å². The highest BCUT2D eigenvalue weighted by Gasteiger charge is 2.14. The van der Waals surface area contributed by atoms with Crippen LogP contribution >= 0.6 is 0 Å². The molecule has 7 heteroatoms. The summed E-state index contributed by atoms with van der Waals surface area (Å²) in [4.78, 5) is 17.4. The molecule has 3 heterocycles. The molecule has 114 valence electrons. The Kier molecular flexibility index (Phi) is 3.62. The molecular weight excluding hydrogens is 278 g/mol. The summed E-state index contributed by atoms with van der Waals surface area (Å²) in [6, 6.07) is 4.20. The average Bonchev–Trinajstić information content (AvgIpc) is 2.90. The lowest BCUT2D eigenvalue weighted by Gasteiger charge is -2.10. The Balaban J connectivity index is 1.95. The summed E-state index contributed by atoms with van der Waals surface area (Å²) in [5.74, 6) is 0.863. The van der Waals surface area contributed by atoms with Crippen molar-refractivity contribution in [1.29, 1.82) is 0 Å². The van der Waals surface area contributed by atoms with Crippen molar-refractivity contribution in [3.8, 4) is 0 Å². The van der Waals surface area contributed by atoms with Crippen molar-refractivity contribution < 1.29 is 0 Å². The highest BCUT2D eigenvalue weighted by molar-refractivity contribution is 5.84. The molecule has 7 nitrogen and oxygen atoms in total. The lowest BCUT2D eigenvalue weighted by Crippen LogP contribution is -2.08. The fourth-order valence-electron chi connectivity index (χ4n) is 2.31. The van der Waals surface area contributed by atoms with Crippen molar-refractivity contribution in [3.05, 3.63) is 35.9 Å². The Morgan fingerprint density at radius 2 is 2.09 bits per heavy atom. The molecule has 22 heavy (non-hydrogen) atoms. The standard InChI is InChI=1S/C15H19N7/c1-9(2)22-8-19-12-13(20-15(16)21-14(12)22)18-7-11-10(3)5-4-6-17-11/h4-6,8-9H,7H2,1-3H3,(H3,16,18,20,21). The predicted octanol–water partition coefficient (Wildman–Crippen LogP) is 2.30. The molecule has 0 atom stereocenters. The zero-order chi connectivity index (χ0) is 15.7. The van der Waals surface area contributed by atoms with Crippen LogP contribution in [0.4, 0.5) is 11.8 Å². The number of pyridine rings is 1. The first-order chi connectivity index (χ1) is 10.6. The first kappa shape index (κ1) is 14.2. The zero-order valence-electron chi connectivity index (χ0n) is 12.9. The number of rotatable bonds is 4. The maximum absolute atomic E-state index is 5.83. The van der Waals surface area contributed by atoms with Gasteiger partial charge < -0.3 is 15.6 Å². The Labute approximate surface area is 128 Å². The minimum atomic E-state index is 0.232. The Morgan fingerprint density at radius 1 is 1.27 bits per heavy atom. The van der Waals surface area contributed by atoms with Gasteiger partial charge in [0.1, 0.15) is 0 Å². The molecule has 0 spiro atoms. The second-order valence-corrected chi connectivity index (χ2v) is 5.47. The van der Waals surface area contributed by atoms with Gasteiger partial charge in [0.05, 0.1) is 18.6 Å². The van der Waals surface area contributed by atoms with Crippen molar-refractivity contribution in [2.24, 2.45) is 0 Å². The van der Waals surface area contributed by atoms with Crippen molar-refractivity contribution in [2.45, 2.75) is 33.4 Å². The first-order valence-corrected chi connectivity index (χ1v) is 7.20. The molecule has 3 N–H and O–H groups in total. The molecule has 0 saturated heterocycles. The monoisotopic (exact) mass is 297 g/mol. The number of nitrogens with one attached hydrogen (secondary N) is 1. The SMILES string of the molecule is Cc1cccnc1CNc1nc(N)nc2c1ncn2C(C)C. The second kappa shape index (κ2) is 5.59. The van der Waals surface area contributed by atoms with Crippen LogP contribution in [0.15, 0.2) is 24.7 Å². The van der Waals surface area contributed by atoms with Crippen molar-refractivity contribution in [2.75, 3.05) is 11.1 Å². The Bertz CT molecular complexity index is 807. The number of anilines is 2. The van der Waals surface area contributed by atoms with E-state index in [0.29, 0.717) is 12.4 Å². The molecule has 0 aliphatic carbocycles. The molecule has 0 amide bonds. The number of aryl methyl sites for hydroxylation is 1. The van der Waals surface area contributed by atoms with Gasteiger partial charge in [-0.05, 0) is 32.4 Å². The van der Waals surface area contributed by atoms with Gasteiger partial charge in [-0.3, -0.25) is 4.98 Å². The van der Waals surface area contributed by atoms with Crippen LogP contribution in [0.5, 0.6) is 0 Å². The fraction of sp³-hybridized carbons (Fsp3) is 0.333. The molecular formula is C15H19N7. The maximum atomic E-state index is 5.83. The van der Waals surface area contributed by atoms with Crippen molar-refractivity contribution in [3.63, 3.8) is 0 Å². The van der Waals surface area contributed by atoms with Gasteiger partial charge in [0, 0.05) is 12.2 Å². The van der Waals surface area contributed by atoms with Gasteiger partial charge in [0.15, 0.2) is 17.0 Å². The molecule has 0 bridgehead atoms. The van der Waals surface area contributed by atoms with Crippen LogP contribution in [0.25, 0.3) is 11.2 Å². The molecule has 0 fully saturated rings. The Hall–Kier alpha value is -2.70. The van der Waals surface area contributed by atoms with E-state index in [2.05, 4.69) is 39.1 Å². The van der Waals surface area contributed by atoms with E-state index in [1.54, 1.807) is 12.5 Å². The summed E-state index contributed by atoms with van der Waals surface area (Å²) in [7, 11) is 0. The molecule has 0 saturated carbocycles. The van der Waals surface area contributed by atoms with Gasteiger partial charge in [-0.2, -0.15) is 9.97 Å². The Morgan fingerprint density at radius 3 is 2.82 bits per heavy atom. The summed E-state index contributed by atoms with van der Waals surface area (Å²) in [5.41, 5.74) is 9.38. The highest BCUT2D eigenvalue weighted by atomic mass is 15.2. The third kappa shape index (κ3) is 2.57. The van der Waals surface area contributed by atoms with Crippen LogP contribution in [-0.4, -0.2) is 24.5 Å². The number of fused-ring (bicyclic) bond motifs is 1. The third-order valence-electron chi connectivity index (χ3n) is 3.54. The summed E-state index contributed by atoms with van der Waals surface area (Å²) in [5, 5.41) is 3.27. The van der Waals surface area contributed by atoms with Crippen molar-refractivity contribution >= 4 is 22.9 Å². The largest absolute Gasteiger partial charge is 0.368 e. The number of hydrogen-bond donors (Lipinski definition) is 2. The van der Waals surface area contributed by atoms with E-state index in [9.17, 15) is 0 Å². The molecule has 0 unspecified atom stereocenters. The summed E-state index contributed by atoms with van der Waals surface area (Å²) in [6.07, 6.45) is 3.54. The van der Waals surface area contributed by atoms with Crippen LogP contribution in [-0.2, 0) is 6.54 Å². The van der Waals surface area contributed by atoms with Gasteiger partial charge in [-0.25, -0.2) is 4.98 Å². The van der Waals surface area contributed by atoms with E-state index in [-0.39, 0.29) is 12.0 Å². The van der Waals surface area contributed by atoms with Crippen LogP contribution in [0.2, 0.25) is 0 Å². The average molecular weight is 297 g/mol. The van der Waals surface area contributed by atoms with E-state index < -0.39 is 0 Å². The van der Waals surface area contributed by atoms with E-state index in [0.717, 1.165) is 22.4 Å². The van der Waals surface area contributed by atoms with Gasteiger partial charge in [0.25, 0.3) is 0 Å². The van der Waals surface area contributed by atoms with Gasteiger partial charge in [-0.1, -0.05) is 6.07 Å². The van der Waals surface area contributed by atoms with Crippen LogP contribution < -0.4 is 11.1 Å². The summed E-state index contributed by atoms with van der Waals surface area (Å²) < 4.78 is 1.98. The second-order valence-electron chi connectivity index (χ2n) is 5.47. The number of nitrogens with two attached hydrogens (primary N) is 1. The molecule has 0 aromatic carbocycles. The predicted molar refractivity (Wildman–Crippen MR) is 86.4 cm³/mol. The summed E-state index contributed by atoms with van der Waals surface area (Å²) in [6.45, 7) is 6.74. The maximum Gasteiger partial charge on any atom is 0.224 e. The van der Waals surface area contributed by atoms with E-state index >= 15 is 0 Å². The number of hydrogen-bond acceptors (Lipinski definition) is 6. The van der Waals surface area contributed by atoms with Crippen LogP contribution in [0, 0.1) is 6.92 Å². The summed E-state index contributed by atoms with van der Waals surface area (Å²) >= 11 is 0. The zero-order valence-corrected chi connectivity index (χ0v) is 12.9. The smallest absolute Gasteiger partial charge is 0.224 e. The lowest BCUT2D eigenvalue weighted by molar-refractivity contribution is 0.613. The number of nitrogen functional groups attached to an aromatic ring is 1. The van der Waals surface area contributed by atoms with Gasteiger partial charge in [-0.15, -0.1) is 0 Å².